The summed E-state index contributed by atoms with van der Waals surface area (Å²) in [5.41, 5.74) is 0.715. The molecule has 6 heteroatoms. The number of guanidine groups is 1. The Morgan fingerprint density at radius 1 is 1.25 bits per heavy atom. The smallest absolute Gasteiger partial charge is 0.191 e. The molecular formula is C18H31N3O3. The van der Waals surface area contributed by atoms with Crippen molar-refractivity contribution >= 4 is 5.96 Å². The maximum Gasteiger partial charge on any atom is 0.191 e. The SMILES string of the molecule is CCCC(CCO)CNC(=NCc1cc(OC)ccc1O)NCC. The number of nitrogens with one attached hydrogen (secondary N) is 2. The highest BCUT2D eigenvalue weighted by atomic mass is 16.5. The summed E-state index contributed by atoms with van der Waals surface area (Å²) in [5.74, 6) is 2.04. The van der Waals surface area contributed by atoms with Crippen molar-refractivity contribution in [1.29, 1.82) is 0 Å². The van der Waals surface area contributed by atoms with Crippen molar-refractivity contribution < 1.29 is 14.9 Å². The number of benzene rings is 1. The van der Waals surface area contributed by atoms with Crippen molar-refractivity contribution in [2.24, 2.45) is 10.9 Å². The van der Waals surface area contributed by atoms with Gasteiger partial charge in [-0.3, -0.25) is 0 Å². The first-order valence-corrected chi connectivity index (χ1v) is 8.63. The van der Waals surface area contributed by atoms with Crippen LogP contribution in [0.15, 0.2) is 23.2 Å². The van der Waals surface area contributed by atoms with Crippen LogP contribution in [0.5, 0.6) is 11.5 Å². The van der Waals surface area contributed by atoms with E-state index in [1.165, 1.54) is 0 Å². The lowest BCUT2D eigenvalue weighted by Gasteiger charge is -2.18. The van der Waals surface area contributed by atoms with E-state index >= 15 is 0 Å². The Labute approximate surface area is 145 Å². The zero-order valence-electron chi connectivity index (χ0n) is 15.0. The summed E-state index contributed by atoms with van der Waals surface area (Å²) in [5, 5.41) is 25.6. The number of aliphatic hydroxyl groups is 1. The largest absolute Gasteiger partial charge is 0.508 e. The highest BCUT2D eigenvalue weighted by molar-refractivity contribution is 5.79. The van der Waals surface area contributed by atoms with Crippen molar-refractivity contribution in [3.8, 4) is 11.5 Å². The molecule has 0 amide bonds. The fourth-order valence-electron chi connectivity index (χ4n) is 2.50. The summed E-state index contributed by atoms with van der Waals surface area (Å²) in [6.07, 6.45) is 2.96. The Bertz CT molecular complexity index is 500. The fraction of sp³-hybridized carbons (Fsp3) is 0.611. The summed E-state index contributed by atoms with van der Waals surface area (Å²) >= 11 is 0. The van der Waals surface area contributed by atoms with E-state index in [0.29, 0.717) is 29.7 Å². The van der Waals surface area contributed by atoms with Crippen LogP contribution in [-0.4, -0.2) is 43.0 Å². The predicted octanol–water partition coefficient (Wildman–Crippen LogP) is 2.25. The van der Waals surface area contributed by atoms with Gasteiger partial charge in [-0.2, -0.15) is 0 Å². The minimum absolute atomic E-state index is 0.206. The number of aromatic hydroxyl groups is 1. The average molecular weight is 337 g/mol. The Kier molecular flexibility index (Phi) is 9.68. The number of hydrogen-bond donors (Lipinski definition) is 4. The van der Waals surface area contributed by atoms with Gasteiger partial charge in [0, 0.05) is 25.3 Å². The molecule has 0 radical (unpaired) electrons. The molecule has 4 N–H and O–H groups in total. The number of aliphatic hydroxyl groups excluding tert-OH is 1. The van der Waals surface area contributed by atoms with Crippen molar-refractivity contribution in [3.63, 3.8) is 0 Å². The van der Waals surface area contributed by atoms with Gasteiger partial charge in [-0.25, -0.2) is 4.99 Å². The monoisotopic (exact) mass is 337 g/mol. The van der Waals surface area contributed by atoms with E-state index in [4.69, 9.17) is 9.84 Å². The van der Waals surface area contributed by atoms with Gasteiger partial charge in [-0.05, 0) is 43.9 Å². The molecule has 0 aliphatic carbocycles. The van der Waals surface area contributed by atoms with E-state index < -0.39 is 0 Å². The summed E-state index contributed by atoms with van der Waals surface area (Å²) in [4.78, 5) is 4.53. The number of rotatable bonds is 10. The van der Waals surface area contributed by atoms with Gasteiger partial charge in [-0.15, -0.1) is 0 Å². The lowest BCUT2D eigenvalue weighted by Crippen LogP contribution is -2.40. The first kappa shape index (κ1) is 20.1. The van der Waals surface area contributed by atoms with Crippen LogP contribution in [0.4, 0.5) is 0 Å². The van der Waals surface area contributed by atoms with E-state index in [1.54, 1.807) is 25.3 Å². The summed E-state index contributed by atoms with van der Waals surface area (Å²) in [7, 11) is 1.60. The molecule has 1 atom stereocenters. The quantitative estimate of drug-likeness (QED) is 0.389. The van der Waals surface area contributed by atoms with E-state index in [0.717, 1.165) is 32.4 Å². The first-order valence-electron chi connectivity index (χ1n) is 8.63. The Morgan fingerprint density at radius 3 is 2.67 bits per heavy atom. The molecule has 0 saturated carbocycles. The number of aliphatic imine (C=N–C) groups is 1. The third-order valence-electron chi connectivity index (χ3n) is 3.83. The van der Waals surface area contributed by atoms with Crippen LogP contribution in [0.1, 0.15) is 38.7 Å². The number of ether oxygens (including phenoxy) is 1. The second kappa shape index (κ2) is 11.6. The van der Waals surface area contributed by atoms with E-state index in [9.17, 15) is 5.11 Å². The Hall–Kier alpha value is -1.95. The standard InChI is InChI=1S/C18H31N3O3/c1-4-6-14(9-10-22)12-20-18(19-5-2)21-13-15-11-16(24-3)7-8-17(15)23/h7-8,11,14,22-23H,4-6,9-10,12-13H2,1-3H3,(H2,19,20,21). The van der Waals surface area contributed by atoms with Crippen LogP contribution in [0.3, 0.4) is 0 Å². The third kappa shape index (κ3) is 7.08. The maximum atomic E-state index is 9.94. The first-order chi connectivity index (χ1) is 11.6. The summed E-state index contributed by atoms with van der Waals surface area (Å²) < 4.78 is 5.18. The molecule has 0 bridgehead atoms. The fourth-order valence-corrected chi connectivity index (χ4v) is 2.50. The maximum absolute atomic E-state index is 9.94. The molecule has 1 aromatic rings. The van der Waals surface area contributed by atoms with Crippen LogP contribution < -0.4 is 15.4 Å². The average Bonchev–Trinajstić information content (AvgIpc) is 2.58. The highest BCUT2D eigenvalue weighted by Gasteiger charge is 2.09. The molecule has 1 rings (SSSR count). The van der Waals surface area contributed by atoms with Gasteiger partial charge in [0.05, 0.1) is 13.7 Å². The third-order valence-corrected chi connectivity index (χ3v) is 3.83. The van der Waals surface area contributed by atoms with Crippen molar-refractivity contribution in [3.05, 3.63) is 23.8 Å². The molecule has 0 saturated heterocycles. The zero-order chi connectivity index (χ0) is 17.8. The summed E-state index contributed by atoms with van der Waals surface area (Å²) in [6.45, 7) is 6.25. The van der Waals surface area contributed by atoms with Crippen molar-refractivity contribution in [2.75, 3.05) is 26.8 Å². The predicted molar refractivity (Wildman–Crippen MR) is 97.6 cm³/mol. The van der Waals surface area contributed by atoms with Gasteiger partial charge in [0.25, 0.3) is 0 Å². The van der Waals surface area contributed by atoms with Crippen LogP contribution in [0, 0.1) is 5.92 Å². The second-order valence-electron chi connectivity index (χ2n) is 5.74. The normalized spacial score (nSPS) is 12.8. The lowest BCUT2D eigenvalue weighted by atomic mass is 10.0. The molecule has 1 aromatic carbocycles. The summed E-state index contributed by atoms with van der Waals surface area (Å²) in [6, 6.07) is 5.12. The number of phenols is 1. The van der Waals surface area contributed by atoms with Gasteiger partial charge in [-0.1, -0.05) is 13.3 Å². The molecule has 6 nitrogen and oxygen atoms in total. The molecule has 1 unspecified atom stereocenters. The van der Waals surface area contributed by atoms with Crippen LogP contribution >= 0.6 is 0 Å². The number of hydrogen-bond acceptors (Lipinski definition) is 4. The molecule has 0 fully saturated rings. The van der Waals surface area contributed by atoms with Crippen LogP contribution in [0.25, 0.3) is 0 Å². The molecule has 0 aliphatic heterocycles. The molecular weight excluding hydrogens is 306 g/mol. The van der Waals surface area contributed by atoms with Gasteiger partial charge < -0.3 is 25.6 Å². The number of nitrogens with zero attached hydrogens (tertiary/aromatic N) is 1. The minimum Gasteiger partial charge on any atom is -0.508 e. The Balaban J connectivity index is 2.71. The van der Waals surface area contributed by atoms with Gasteiger partial charge in [0.2, 0.25) is 0 Å². The molecule has 0 spiro atoms. The van der Waals surface area contributed by atoms with E-state index in [2.05, 4.69) is 22.5 Å². The molecule has 0 heterocycles. The number of phenolic OH excluding ortho intramolecular Hbond substituents is 1. The molecule has 0 aliphatic rings. The molecule has 136 valence electrons. The van der Waals surface area contributed by atoms with Gasteiger partial charge in [0.15, 0.2) is 5.96 Å². The zero-order valence-corrected chi connectivity index (χ0v) is 15.0. The molecule has 0 aromatic heterocycles. The van der Waals surface area contributed by atoms with E-state index in [-0.39, 0.29) is 12.4 Å². The minimum atomic E-state index is 0.206. The van der Waals surface area contributed by atoms with E-state index in [1.807, 2.05) is 6.92 Å². The second-order valence-corrected chi connectivity index (χ2v) is 5.74. The Morgan fingerprint density at radius 2 is 2.04 bits per heavy atom. The van der Waals surface area contributed by atoms with Crippen molar-refractivity contribution in [1.82, 2.24) is 10.6 Å². The van der Waals surface area contributed by atoms with Crippen LogP contribution in [-0.2, 0) is 6.54 Å². The molecule has 24 heavy (non-hydrogen) atoms. The van der Waals surface area contributed by atoms with Gasteiger partial charge >= 0.3 is 0 Å². The lowest BCUT2D eigenvalue weighted by molar-refractivity contribution is 0.251. The highest BCUT2D eigenvalue weighted by Crippen LogP contribution is 2.23. The van der Waals surface area contributed by atoms with Crippen molar-refractivity contribution in [2.45, 2.75) is 39.7 Å². The van der Waals surface area contributed by atoms with Crippen LogP contribution in [0.2, 0.25) is 0 Å². The van der Waals surface area contributed by atoms with Gasteiger partial charge in [0.1, 0.15) is 11.5 Å². The topological polar surface area (TPSA) is 86.1 Å². The number of methoxy groups -OCH3 is 1.